The highest BCUT2D eigenvalue weighted by molar-refractivity contribution is 7.99. The number of nitrogens with two attached hydrogens (primary N) is 1. The Balaban J connectivity index is 2.11. The summed E-state index contributed by atoms with van der Waals surface area (Å²) < 4.78 is 0. The van der Waals surface area contributed by atoms with Gasteiger partial charge in [0, 0.05) is 24.2 Å². The number of hydrogen-bond donors (Lipinski definition) is 2. The average Bonchev–Trinajstić information content (AvgIpc) is 2.77. The molecule has 0 aliphatic heterocycles. The smallest absolute Gasteiger partial charge is 0.165 e. The van der Waals surface area contributed by atoms with E-state index in [0.717, 1.165) is 10.9 Å². The first kappa shape index (κ1) is 13.2. The monoisotopic (exact) mass is 261 g/mol. The van der Waals surface area contributed by atoms with E-state index >= 15 is 0 Å². The third kappa shape index (κ3) is 2.94. The molecular weight excluding hydrogens is 242 g/mol. The molecule has 96 valence electrons. The van der Waals surface area contributed by atoms with Gasteiger partial charge >= 0.3 is 0 Å². The zero-order valence-corrected chi connectivity index (χ0v) is 11.8. The molecule has 0 radical (unpaired) electrons. The van der Waals surface area contributed by atoms with Crippen molar-refractivity contribution in [1.82, 2.24) is 9.97 Å². The molecule has 18 heavy (non-hydrogen) atoms. The summed E-state index contributed by atoms with van der Waals surface area (Å²) in [5.74, 6) is 0.832. The van der Waals surface area contributed by atoms with E-state index in [1.807, 2.05) is 6.20 Å². The first-order valence-electron chi connectivity index (χ1n) is 6.03. The van der Waals surface area contributed by atoms with E-state index in [1.54, 1.807) is 18.0 Å². The standard InChI is InChI=1S/C14H19N3S/c1-9-6-10(2)13(11(3)7-9)12(15)8-18-14-16-4-5-17-14/h4-7,12H,8,15H2,1-3H3,(H,16,17). The van der Waals surface area contributed by atoms with Crippen molar-refractivity contribution in [3.05, 3.63) is 46.8 Å². The quantitative estimate of drug-likeness (QED) is 0.831. The van der Waals surface area contributed by atoms with E-state index in [0.29, 0.717) is 0 Å². The minimum atomic E-state index is 0.0423. The van der Waals surface area contributed by atoms with E-state index in [4.69, 9.17) is 5.73 Å². The highest BCUT2D eigenvalue weighted by Gasteiger charge is 2.13. The Labute approximate surface area is 112 Å². The molecule has 0 aliphatic carbocycles. The summed E-state index contributed by atoms with van der Waals surface area (Å²) in [6.07, 6.45) is 3.59. The van der Waals surface area contributed by atoms with Crippen molar-refractivity contribution >= 4 is 11.8 Å². The number of aromatic nitrogens is 2. The van der Waals surface area contributed by atoms with Gasteiger partial charge in [-0.25, -0.2) is 4.98 Å². The average molecular weight is 261 g/mol. The number of nitrogens with zero attached hydrogens (tertiary/aromatic N) is 1. The Morgan fingerprint density at radius 1 is 1.28 bits per heavy atom. The molecule has 0 saturated carbocycles. The van der Waals surface area contributed by atoms with Gasteiger partial charge in [0.25, 0.3) is 0 Å². The second kappa shape index (κ2) is 5.59. The van der Waals surface area contributed by atoms with Crippen LogP contribution in [0.2, 0.25) is 0 Å². The summed E-state index contributed by atoms with van der Waals surface area (Å²) in [6, 6.07) is 4.43. The molecule has 1 unspecified atom stereocenters. The summed E-state index contributed by atoms with van der Waals surface area (Å²) in [6.45, 7) is 6.38. The summed E-state index contributed by atoms with van der Waals surface area (Å²) in [4.78, 5) is 7.27. The van der Waals surface area contributed by atoms with Crippen LogP contribution in [0.1, 0.15) is 28.3 Å². The number of imidazole rings is 1. The van der Waals surface area contributed by atoms with Crippen LogP contribution in [-0.4, -0.2) is 15.7 Å². The van der Waals surface area contributed by atoms with E-state index in [9.17, 15) is 0 Å². The van der Waals surface area contributed by atoms with Crippen molar-refractivity contribution in [2.45, 2.75) is 32.0 Å². The predicted molar refractivity (Wildman–Crippen MR) is 76.9 cm³/mol. The van der Waals surface area contributed by atoms with Gasteiger partial charge in [-0.2, -0.15) is 0 Å². The van der Waals surface area contributed by atoms with Crippen molar-refractivity contribution in [1.29, 1.82) is 0 Å². The number of thioether (sulfide) groups is 1. The van der Waals surface area contributed by atoms with Crippen LogP contribution < -0.4 is 5.73 Å². The van der Waals surface area contributed by atoms with Crippen LogP contribution in [0.4, 0.5) is 0 Å². The minimum Gasteiger partial charge on any atom is -0.340 e. The summed E-state index contributed by atoms with van der Waals surface area (Å²) in [5, 5.41) is 0.924. The molecule has 0 fully saturated rings. The molecule has 0 aliphatic rings. The molecule has 1 atom stereocenters. The Hall–Kier alpha value is -1.26. The van der Waals surface area contributed by atoms with Crippen molar-refractivity contribution in [2.75, 3.05) is 5.75 Å². The normalized spacial score (nSPS) is 12.7. The number of benzene rings is 1. The van der Waals surface area contributed by atoms with Crippen LogP contribution in [0.15, 0.2) is 29.7 Å². The Morgan fingerprint density at radius 3 is 2.50 bits per heavy atom. The van der Waals surface area contributed by atoms with Crippen LogP contribution in [0, 0.1) is 20.8 Å². The number of aromatic amines is 1. The molecule has 2 aromatic rings. The van der Waals surface area contributed by atoms with Crippen molar-refractivity contribution in [2.24, 2.45) is 5.73 Å². The lowest BCUT2D eigenvalue weighted by atomic mass is 9.95. The summed E-state index contributed by atoms with van der Waals surface area (Å²) >= 11 is 1.66. The topological polar surface area (TPSA) is 54.7 Å². The maximum absolute atomic E-state index is 6.30. The predicted octanol–water partition coefficient (Wildman–Crippen LogP) is 3.13. The fourth-order valence-electron chi connectivity index (χ4n) is 2.36. The third-order valence-corrected chi connectivity index (χ3v) is 4.00. The first-order chi connectivity index (χ1) is 8.58. The molecule has 1 heterocycles. The van der Waals surface area contributed by atoms with E-state index in [-0.39, 0.29) is 6.04 Å². The van der Waals surface area contributed by atoms with Gasteiger partial charge in [-0.05, 0) is 37.5 Å². The lowest BCUT2D eigenvalue weighted by molar-refractivity contribution is 0.810. The largest absolute Gasteiger partial charge is 0.340 e. The van der Waals surface area contributed by atoms with Gasteiger partial charge in [0.1, 0.15) is 0 Å². The molecule has 0 saturated heterocycles. The maximum atomic E-state index is 6.30. The molecule has 3 N–H and O–H groups in total. The molecule has 2 rings (SSSR count). The highest BCUT2D eigenvalue weighted by atomic mass is 32.2. The number of H-pyrrole nitrogens is 1. The van der Waals surface area contributed by atoms with Crippen LogP contribution >= 0.6 is 11.8 Å². The molecule has 3 nitrogen and oxygen atoms in total. The fourth-order valence-corrected chi connectivity index (χ4v) is 3.15. The Bertz CT molecular complexity index is 497. The minimum absolute atomic E-state index is 0.0423. The highest BCUT2D eigenvalue weighted by Crippen LogP contribution is 2.26. The van der Waals surface area contributed by atoms with Gasteiger partial charge in [-0.3, -0.25) is 0 Å². The van der Waals surface area contributed by atoms with Gasteiger partial charge in [0.15, 0.2) is 5.16 Å². The van der Waals surface area contributed by atoms with Gasteiger partial charge in [-0.15, -0.1) is 0 Å². The number of hydrogen-bond acceptors (Lipinski definition) is 3. The van der Waals surface area contributed by atoms with Crippen molar-refractivity contribution in [3.8, 4) is 0 Å². The molecule has 0 spiro atoms. The third-order valence-electron chi connectivity index (χ3n) is 2.98. The molecular formula is C14H19N3S. The number of aryl methyl sites for hydroxylation is 3. The molecule has 1 aromatic carbocycles. The van der Waals surface area contributed by atoms with Crippen molar-refractivity contribution in [3.63, 3.8) is 0 Å². The van der Waals surface area contributed by atoms with Gasteiger partial charge < -0.3 is 10.7 Å². The van der Waals surface area contributed by atoms with Gasteiger partial charge in [0.05, 0.1) is 0 Å². The Morgan fingerprint density at radius 2 is 1.94 bits per heavy atom. The molecule has 0 amide bonds. The SMILES string of the molecule is Cc1cc(C)c(C(N)CSc2ncc[nH]2)c(C)c1. The van der Waals surface area contributed by atoms with Gasteiger partial charge in [0.2, 0.25) is 0 Å². The second-order valence-electron chi connectivity index (χ2n) is 4.62. The van der Waals surface area contributed by atoms with Crippen molar-refractivity contribution < 1.29 is 0 Å². The van der Waals surface area contributed by atoms with Crippen LogP contribution in [-0.2, 0) is 0 Å². The maximum Gasteiger partial charge on any atom is 0.165 e. The fraction of sp³-hybridized carbons (Fsp3) is 0.357. The van der Waals surface area contributed by atoms with E-state index in [1.165, 1.54) is 22.3 Å². The number of rotatable bonds is 4. The zero-order valence-electron chi connectivity index (χ0n) is 11.0. The Kier molecular flexibility index (Phi) is 4.09. The zero-order chi connectivity index (χ0) is 13.1. The van der Waals surface area contributed by atoms with Gasteiger partial charge in [-0.1, -0.05) is 29.5 Å². The number of nitrogens with one attached hydrogen (secondary N) is 1. The summed E-state index contributed by atoms with van der Waals surface area (Å²) in [5.41, 5.74) is 11.4. The summed E-state index contributed by atoms with van der Waals surface area (Å²) in [7, 11) is 0. The van der Waals surface area contributed by atoms with Crippen LogP contribution in [0.3, 0.4) is 0 Å². The van der Waals surface area contributed by atoms with E-state index < -0.39 is 0 Å². The lowest BCUT2D eigenvalue weighted by Gasteiger charge is -2.17. The van der Waals surface area contributed by atoms with Crippen LogP contribution in [0.25, 0.3) is 0 Å². The second-order valence-corrected chi connectivity index (χ2v) is 5.63. The first-order valence-corrected chi connectivity index (χ1v) is 7.02. The van der Waals surface area contributed by atoms with E-state index in [2.05, 4.69) is 42.9 Å². The molecule has 1 aromatic heterocycles. The lowest BCUT2D eigenvalue weighted by Crippen LogP contribution is -2.16. The van der Waals surface area contributed by atoms with Crippen LogP contribution in [0.5, 0.6) is 0 Å². The molecule has 0 bridgehead atoms. The molecule has 4 heteroatoms.